The van der Waals surface area contributed by atoms with Crippen LogP contribution in [0.25, 0.3) is 11.1 Å². The fourth-order valence-electron chi connectivity index (χ4n) is 2.19. The summed E-state index contributed by atoms with van der Waals surface area (Å²) in [4.78, 5) is 0. The van der Waals surface area contributed by atoms with Crippen molar-refractivity contribution in [1.29, 1.82) is 0 Å². The molecule has 1 aliphatic rings. The van der Waals surface area contributed by atoms with Crippen LogP contribution in [0.2, 0.25) is 0 Å². The van der Waals surface area contributed by atoms with E-state index in [1.54, 1.807) is 0 Å². The van der Waals surface area contributed by atoms with E-state index in [1.807, 2.05) is 12.1 Å². The highest BCUT2D eigenvalue weighted by Gasteiger charge is 2.19. The lowest BCUT2D eigenvalue weighted by Crippen LogP contribution is -1.94. The van der Waals surface area contributed by atoms with Crippen LogP contribution in [0.5, 0.6) is 11.5 Å². The summed E-state index contributed by atoms with van der Waals surface area (Å²) in [6.45, 7) is 4.58. The molecule has 0 N–H and O–H groups in total. The van der Waals surface area contributed by atoms with E-state index < -0.39 is 0 Å². The summed E-state index contributed by atoms with van der Waals surface area (Å²) in [5, 5.41) is 0. The summed E-state index contributed by atoms with van der Waals surface area (Å²) in [5.41, 5.74) is 4.91. The Kier molecular flexibility index (Phi) is 2.29. The Morgan fingerprint density at radius 2 is 1.65 bits per heavy atom. The van der Waals surface area contributed by atoms with E-state index in [9.17, 15) is 0 Å². The van der Waals surface area contributed by atoms with Crippen molar-refractivity contribution < 1.29 is 9.47 Å². The molecule has 2 aromatic carbocycles. The number of para-hydroxylation sites is 1. The average molecular weight is 226 g/mol. The largest absolute Gasteiger partial charge is 0.454 e. The van der Waals surface area contributed by atoms with E-state index in [2.05, 4.69) is 38.1 Å². The molecule has 1 aliphatic heterocycles. The molecule has 2 aromatic rings. The second-order valence-electron chi connectivity index (χ2n) is 4.29. The molecular weight excluding hydrogens is 212 g/mol. The second kappa shape index (κ2) is 3.81. The smallest absolute Gasteiger partial charge is 0.231 e. The first-order valence-corrected chi connectivity index (χ1v) is 5.72. The van der Waals surface area contributed by atoms with Gasteiger partial charge < -0.3 is 9.47 Å². The van der Waals surface area contributed by atoms with Gasteiger partial charge in [0.15, 0.2) is 11.5 Å². The van der Waals surface area contributed by atoms with Crippen LogP contribution in [0.4, 0.5) is 0 Å². The Balaban J connectivity index is 2.23. The third-order valence-corrected chi connectivity index (χ3v) is 3.29. The maximum atomic E-state index is 5.56. The third-order valence-electron chi connectivity index (χ3n) is 3.29. The molecule has 0 saturated carbocycles. The molecule has 2 nitrogen and oxygen atoms in total. The SMILES string of the molecule is Cc1cccc(-c2cccc3c2OCO3)c1C. The molecule has 3 rings (SSSR count). The number of rotatable bonds is 1. The Morgan fingerprint density at radius 3 is 2.53 bits per heavy atom. The van der Waals surface area contributed by atoms with E-state index in [-0.39, 0.29) is 0 Å². The molecule has 0 aliphatic carbocycles. The van der Waals surface area contributed by atoms with Crippen molar-refractivity contribution in [3.05, 3.63) is 47.5 Å². The number of benzene rings is 2. The van der Waals surface area contributed by atoms with Crippen LogP contribution in [-0.4, -0.2) is 6.79 Å². The summed E-state index contributed by atoms with van der Waals surface area (Å²) >= 11 is 0. The van der Waals surface area contributed by atoms with E-state index in [0.717, 1.165) is 17.1 Å². The molecule has 86 valence electrons. The van der Waals surface area contributed by atoms with Gasteiger partial charge in [-0.3, -0.25) is 0 Å². The van der Waals surface area contributed by atoms with Crippen LogP contribution < -0.4 is 9.47 Å². The van der Waals surface area contributed by atoms with Gasteiger partial charge in [0.1, 0.15) is 0 Å². The van der Waals surface area contributed by atoms with Gasteiger partial charge in [-0.15, -0.1) is 0 Å². The van der Waals surface area contributed by atoms with Gasteiger partial charge >= 0.3 is 0 Å². The van der Waals surface area contributed by atoms with E-state index >= 15 is 0 Å². The fourth-order valence-corrected chi connectivity index (χ4v) is 2.19. The number of hydrogen-bond donors (Lipinski definition) is 0. The first-order valence-electron chi connectivity index (χ1n) is 5.72. The predicted molar refractivity (Wildman–Crippen MR) is 67.5 cm³/mol. The molecule has 0 saturated heterocycles. The molecule has 0 amide bonds. The first kappa shape index (κ1) is 10.2. The predicted octanol–water partition coefficient (Wildman–Crippen LogP) is 3.70. The molecule has 0 spiro atoms. The fraction of sp³-hybridized carbons (Fsp3) is 0.200. The minimum absolute atomic E-state index is 0.317. The van der Waals surface area contributed by atoms with E-state index in [0.29, 0.717) is 6.79 Å². The van der Waals surface area contributed by atoms with Gasteiger partial charge in [-0.05, 0) is 36.6 Å². The van der Waals surface area contributed by atoms with Crippen LogP contribution in [-0.2, 0) is 0 Å². The Morgan fingerprint density at radius 1 is 0.882 bits per heavy atom. The molecule has 0 bridgehead atoms. The minimum atomic E-state index is 0.317. The normalized spacial score (nSPS) is 12.8. The zero-order chi connectivity index (χ0) is 11.8. The summed E-state index contributed by atoms with van der Waals surface area (Å²) in [7, 11) is 0. The molecule has 0 fully saturated rings. The van der Waals surface area contributed by atoms with Crippen molar-refractivity contribution in [2.75, 3.05) is 6.79 Å². The monoisotopic (exact) mass is 226 g/mol. The maximum absolute atomic E-state index is 5.56. The number of hydrogen-bond acceptors (Lipinski definition) is 2. The lowest BCUT2D eigenvalue weighted by molar-refractivity contribution is 0.174. The van der Waals surface area contributed by atoms with Gasteiger partial charge in [0.25, 0.3) is 0 Å². The summed E-state index contributed by atoms with van der Waals surface area (Å²) in [6, 6.07) is 12.3. The highest BCUT2D eigenvalue weighted by Crippen LogP contribution is 2.42. The minimum Gasteiger partial charge on any atom is -0.454 e. The van der Waals surface area contributed by atoms with Gasteiger partial charge in [-0.2, -0.15) is 0 Å². The Bertz CT molecular complexity index is 573. The molecular formula is C15H14O2. The second-order valence-corrected chi connectivity index (χ2v) is 4.29. The van der Waals surface area contributed by atoms with Crippen LogP contribution in [0.15, 0.2) is 36.4 Å². The third kappa shape index (κ3) is 1.57. The molecule has 0 aromatic heterocycles. The molecule has 0 unspecified atom stereocenters. The lowest BCUT2D eigenvalue weighted by Gasteiger charge is -2.10. The van der Waals surface area contributed by atoms with E-state index in [4.69, 9.17) is 9.47 Å². The van der Waals surface area contributed by atoms with Gasteiger partial charge in [-0.25, -0.2) is 0 Å². The van der Waals surface area contributed by atoms with Gasteiger partial charge in [0, 0.05) is 5.56 Å². The zero-order valence-electron chi connectivity index (χ0n) is 9.99. The van der Waals surface area contributed by atoms with Crippen LogP contribution in [0.3, 0.4) is 0 Å². The van der Waals surface area contributed by atoms with Crippen LogP contribution >= 0.6 is 0 Å². The number of fused-ring (bicyclic) bond motifs is 1. The Hall–Kier alpha value is -1.96. The van der Waals surface area contributed by atoms with Crippen LogP contribution in [0, 0.1) is 13.8 Å². The van der Waals surface area contributed by atoms with Crippen molar-refractivity contribution in [2.24, 2.45) is 0 Å². The average Bonchev–Trinajstić information content (AvgIpc) is 2.81. The van der Waals surface area contributed by atoms with E-state index in [1.165, 1.54) is 16.7 Å². The number of ether oxygens (including phenoxy) is 2. The molecule has 0 atom stereocenters. The zero-order valence-corrected chi connectivity index (χ0v) is 9.99. The van der Waals surface area contributed by atoms with Crippen molar-refractivity contribution in [2.45, 2.75) is 13.8 Å². The maximum Gasteiger partial charge on any atom is 0.231 e. The first-order chi connectivity index (χ1) is 8.27. The summed E-state index contributed by atoms with van der Waals surface area (Å²) < 4.78 is 11.0. The quantitative estimate of drug-likeness (QED) is 0.738. The van der Waals surface area contributed by atoms with Gasteiger partial charge in [0.05, 0.1) is 0 Å². The molecule has 1 heterocycles. The van der Waals surface area contributed by atoms with Gasteiger partial charge in [0.2, 0.25) is 6.79 Å². The molecule has 0 radical (unpaired) electrons. The topological polar surface area (TPSA) is 18.5 Å². The van der Waals surface area contributed by atoms with Crippen molar-refractivity contribution in [3.63, 3.8) is 0 Å². The lowest BCUT2D eigenvalue weighted by atomic mass is 9.96. The van der Waals surface area contributed by atoms with Crippen molar-refractivity contribution in [1.82, 2.24) is 0 Å². The highest BCUT2D eigenvalue weighted by molar-refractivity contribution is 5.77. The highest BCUT2D eigenvalue weighted by atomic mass is 16.7. The molecule has 2 heteroatoms. The Labute approximate surface area is 101 Å². The van der Waals surface area contributed by atoms with Crippen LogP contribution in [0.1, 0.15) is 11.1 Å². The van der Waals surface area contributed by atoms with Crippen molar-refractivity contribution in [3.8, 4) is 22.6 Å². The van der Waals surface area contributed by atoms with Gasteiger partial charge in [-0.1, -0.05) is 30.3 Å². The summed E-state index contributed by atoms with van der Waals surface area (Å²) in [6.07, 6.45) is 0. The van der Waals surface area contributed by atoms with Crippen molar-refractivity contribution >= 4 is 0 Å². The standard InChI is InChI=1S/C15H14O2/c1-10-5-3-6-12(11(10)2)13-7-4-8-14-15(13)17-9-16-14/h3-8H,9H2,1-2H3. The number of aryl methyl sites for hydroxylation is 1. The molecule has 17 heavy (non-hydrogen) atoms. The summed E-state index contributed by atoms with van der Waals surface area (Å²) in [5.74, 6) is 1.70.